The van der Waals surface area contributed by atoms with Crippen molar-refractivity contribution in [1.29, 1.82) is 0 Å². The van der Waals surface area contributed by atoms with E-state index in [1.807, 2.05) is 24.4 Å². The lowest BCUT2D eigenvalue weighted by Crippen LogP contribution is -2.02. The summed E-state index contributed by atoms with van der Waals surface area (Å²) < 4.78 is 10.7. The zero-order chi connectivity index (χ0) is 28.1. The van der Waals surface area contributed by atoms with Gasteiger partial charge in [0.1, 0.15) is 11.2 Å². The Morgan fingerprint density at radius 3 is 2.37 bits per heavy atom. The van der Waals surface area contributed by atoms with Crippen molar-refractivity contribution in [3.63, 3.8) is 0 Å². The minimum absolute atomic E-state index is 0.648. The Hall–Kier alpha value is -5.59. The van der Waals surface area contributed by atoms with Crippen molar-refractivity contribution < 1.29 is 4.42 Å². The molecule has 0 aliphatic carbocycles. The molecule has 0 aliphatic heterocycles. The molecule has 200 valence electrons. The van der Waals surface area contributed by atoms with Crippen molar-refractivity contribution in [2.75, 3.05) is 0 Å². The summed E-state index contributed by atoms with van der Waals surface area (Å²) in [6.07, 6.45) is 3.68. The number of hydrogen-bond donors (Lipinski definition) is 0. The molecule has 0 N–H and O–H groups in total. The van der Waals surface area contributed by atoms with Crippen LogP contribution >= 0.6 is 11.3 Å². The molecule has 0 bridgehead atoms. The van der Waals surface area contributed by atoms with Crippen LogP contribution in [-0.2, 0) is 0 Å². The van der Waals surface area contributed by atoms with Gasteiger partial charge in [0.15, 0.2) is 0 Å². The van der Waals surface area contributed by atoms with Crippen molar-refractivity contribution in [2.24, 2.45) is 0 Å². The van der Waals surface area contributed by atoms with Gasteiger partial charge in [-0.2, -0.15) is 0 Å². The van der Waals surface area contributed by atoms with Crippen molar-refractivity contribution in [1.82, 2.24) is 19.5 Å². The summed E-state index contributed by atoms with van der Waals surface area (Å²) in [5.41, 5.74) is 6.77. The number of nitrogens with zero attached hydrogens (tertiary/aromatic N) is 4. The van der Waals surface area contributed by atoms with Crippen molar-refractivity contribution in [2.45, 2.75) is 0 Å². The Kier molecular flexibility index (Phi) is 4.54. The van der Waals surface area contributed by atoms with Gasteiger partial charge in [-0.25, -0.2) is 9.97 Å². The van der Waals surface area contributed by atoms with E-state index in [1.54, 1.807) is 17.5 Å². The van der Waals surface area contributed by atoms with Crippen LogP contribution < -0.4 is 0 Å². The van der Waals surface area contributed by atoms with Gasteiger partial charge in [-0.1, -0.05) is 60.7 Å². The van der Waals surface area contributed by atoms with E-state index in [0.717, 1.165) is 76.0 Å². The van der Waals surface area contributed by atoms with Gasteiger partial charge in [-0.15, -0.1) is 11.3 Å². The maximum atomic E-state index is 6.23. The molecule has 5 aromatic heterocycles. The van der Waals surface area contributed by atoms with E-state index in [2.05, 4.69) is 101 Å². The second-order valence-corrected chi connectivity index (χ2v) is 11.9. The maximum absolute atomic E-state index is 6.23. The number of hydrogen-bond acceptors (Lipinski definition) is 5. The third-order valence-electron chi connectivity index (χ3n) is 8.49. The van der Waals surface area contributed by atoms with Crippen LogP contribution in [0, 0.1) is 0 Å². The fraction of sp³-hybridized carbons (Fsp3) is 0. The van der Waals surface area contributed by atoms with E-state index in [0.29, 0.717) is 5.95 Å². The lowest BCUT2D eigenvalue weighted by molar-refractivity contribution is 0.669. The van der Waals surface area contributed by atoms with E-state index >= 15 is 0 Å². The van der Waals surface area contributed by atoms with Gasteiger partial charge in [0.25, 0.3) is 0 Å². The first-order valence-electron chi connectivity index (χ1n) is 14.2. The molecule has 6 heteroatoms. The van der Waals surface area contributed by atoms with Gasteiger partial charge in [0.2, 0.25) is 5.95 Å². The molecule has 0 atom stereocenters. The topological polar surface area (TPSA) is 56.7 Å². The molecule has 0 aliphatic rings. The molecule has 0 saturated carbocycles. The molecular formula is C37H20N4OS. The summed E-state index contributed by atoms with van der Waals surface area (Å²) in [4.78, 5) is 15.0. The fourth-order valence-electron chi connectivity index (χ4n) is 6.60. The number of fused-ring (bicyclic) bond motifs is 11. The Morgan fingerprint density at radius 2 is 1.47 bits per heavy atom. The van der Waals surface area contributed by atoms with Gasteiger partial charge in [0, 0.05) is 49.6 Å². The zero-order valence-corrected chi connectivity index (χ0v) is 23.5. The highest BCUT2D eigenvalue weighted by molar-refractivity contribution is 7.26. The molecule has 10 rings (SSSR count). The number of aromatic nitrogens is 4. The molecule has 5 aromatic carbocycles. The highest BCUT2D eigenvalue weighted by Gasteiger charge is 2.21. The van der Waals surface area contributed by atoms with Crippen LogP contribution in [0.4, 0.5) is 0 Å². The average molecular weight is 569 g/mol. The molecule has 10 aromatic rings. The number of furan rings is 1. The SMILES string of the molecule is c1cncc(-c2nc(-n3c4ccccc4c4cc5c(ccc6oc7ccccc7c65)cc43)nc3c2sc2ccccc23)c1. The quantitative estimate of drug-likeness (QED) is 0.208. The van der Waals surface area contributed by atoms with E-state index in [4.69, 9.17) is 14.4 Å². The summed E-state index contributed by atoms with van der Waals surface area (Å²) in [7, 11) is 0. The first-order chi connectivity index (χ1) is 21.3. The number of pyridine rings is 1. The number of thiophene rings is 1. The molecule has 0 unspecified atom stereocenters. The summed E-state index contributed by atoms with van der Waals surface area (Å²) in [5.74, 6) is 0.648. The average Bonchev–Trinajstić information content (AvgIpc) is 3.73. The maximum Gasteiger partial charge on any atom is 0.235 e. The molecule has 0 fully saturated rings. The van der Waals surface area contributed by atoms with Crippen molar-refractivity contribution >= 4 is 86.2 Å². The highest BCUT2D eigenvalue weighted by atomic mass is 32.1. The normalized spacial score (nSPS) is 12.2. The summed E-state index contributed by atoms with van der Waals surface area (Å²) in [6, 6.07) is 38.1. The lowest BCUT2D eigenvalue weighted by atomic mass is 10.0. The van der Waals surface area contributed by atoms with Crippen LogP contribution in [0.15, 0.2) is 126 Å². The Morgan fingerprint density at radius 1 is 0.628 bits per heavy atom. The van der Waals surface area contributed by atoms with Gasteiger partial charge >= 0.3 is 0 Å². The highest BCUT2D eigenvalue weighted by Crippen LogP contribution is 2.42. The molecule has 43 heavy (non-hydrogen) atoms. The van der Waals surface area contributed by atoms with Crippen LogP contribution in [0.25, 0.3) is 92.0 Å². The second kappa shape index (κ2) is 8.47. The molecule has 0 amide bonds. The molecular weight excluding hydrogens is 549 g/mol. The molecule has 5 heterocycles. The smallest absolute Gasteiger partial charge is 0.235 e. The fourth-order valence-corrected chi connectivity index (χ4v) is 7.76. The van der Waals surface area contributed by atoms with Gasteiger partial charge in [-0.05, 0) is 59.3 Å². The molecule has 0 spiro atoms. The third kappa shape index (κ3) is 3.18. The van der Waals surface area contributed by atoms with Crippen LogP contribution in [0.5, 0.6) is 0 Å². The monoisotopic (exact) mass is 568 g/mol. The number of rotatable bonds is 2. The van der Waals surface area contributed by atoms with Gasteiger partial charge in [-0.3, -0.25) is 9.55 Å². The number of benzene rings is 5. The van der Waals surface area contributed by atoms with E-state index in [-0.39, 0.29) is 0 Å². The second-order valence-electron chi connectivity index (χ2n) is 10.9. The van der Waals surface area contributed by atoms with E-state index in [1.165, 1.54) is 10.1 Å². The first kappa shape index (κ1) is 23.0. The third-order valence-corrected chi connectivity index (χ3v) is 9.66. The van der Waals surface area contributed by atoms with Crippen LogP contribution in [0.3, 0.4) is 0 Å². The van der Waals surface area contributed by atoms with E-state index < -0.39 is 0 Å². The standard InChI is InChI=1S/C37H20N4OS/c1-4-12-28-23(9-1)27-19-26-21(15-16-31-33(26)24-10-2-5-13-30(24)42-31)18-29(27)41(28)37-39-34(22-8-7-17-38-20-22)36-35(40-37)25-11-3-6-14-32(25)43-36/h1-20H. The van der Waals surface area contributed by atoms with Crippen LogP contribution in [0.1, 0.15) is 0 Å². The van der Waals surface area contributed by atoms with Crippen molar-refractivity contribution in [3.05, 3.63) is 122 Å². The summed E-state index contributed by atoms with van der Waals surface area (Å²) in [5, 5.41) is 8.04. The molecule has 0 radical (unpaired) electrons. The summed E-state index contributed by atoms with van der Waals surface area (Å²) >= 11 is 1.73. The zero-order valence-electron chi connectivity index (χ0n) is 22.7. The Bertz CT molecular complexity index is 2740. The Labute approximate surface area is 248 Å². The minimum atomic E-state index is 0.648. The van der Waals surface area contributed by atoms with Crippen molar-refractivity contribution in [3.8, 4) is 17.2 Å². The van der Waals surface area contributed by atoms with E-state index in [9.17, 15) is 0 Å². The van der Waals surface area contributed by atoms with Crippen LogP contribution in [0.2, 0.25) is 0 Å². The minimum Gasteiger partial charge on any atom is -0.456 e. The Balaban J connectivity index is 1.35. The molecule has 0 saturated heterocycles. The number of para-hydroxylation sites is 2. The van der Waals surface area contributed by atoms with Gasteiger partial charge in [0.05, 0.1) is 26.9 Å². The predicted molar refractivity (Wildman–Crippen MR) is 177 cm³/mol. The summed E-state index contributed by atoms with van der Waals surface area (Å²) in [6.45, 7) is 0. The van der Waals surface area contributed by atoms with Crippen LogP contribution in [-0.4, -0.2) is 19.5 Å². The predicted octanol–water partition coefficient (Wildman–Crippen LogP) is 10.1. The van der Waals surface area contributed by atoms with Gasteiger partial charge < -0.3 is 4.42 Å². The largest absolute Gasteiger partial charge is 0.456 e. The first-order valence-corrected chi connectivity index (χ1v) is 15.0. The molecule has 5 nitrogen and oxygen atoms in total. The lowest BCUT2D eigenvalue weighted by Gasteiger charge is -2.10.